The van der Waals surface area contributed by atoms with Crippen molar-refractivity contribution >= 4 is 17.5 Å². The number of carbonyl (C=O) groups excluding carboxylic acids is 1. The molecule has 0 aliphatic heterocycles. The molecule has 0 N–H and O–H groups in total. The average Bonchev–Trinajstić information content (AvgIpc) is 2.38. The van der Waals surface area contributed by atoms with Crippen molar-refractivity contribution in [2.45, 2.75) is 13.5 Å². The number of ether oxygens (including phenoxy) is 1. The summed E-state index contributed by atoms with van der Waals surface area (Å²) in [6.07, 6.45) is 1.69. The lowest BCUT2D eigenvalue weighted by molar-refractivity contribution is -0.128. The average molecular weight is 268 g/mol. The SMILES string of the molecule is C=CCN(Cc1cccc(OCC)c1)C(=O)CCl. The van der Waals surface area contributed by atoms with Gasteiger partial charge in [-0.1, -0.05) is 18.2 Å². The zero-order valence-corrected chi connectivity index (χ0v) is 11.3. The predicted molar refractivity (Wildman–Crippen MR) is 73.9 cm³/mol. The minimum Gasteiger partial charge on any atom is -0.494 e. The van der Waals surface area contributed by atoms with Gasteiger partial charge < -0.3 is 9.64 Å². The van der Waals surface area contributed by atoms with Crippen LogP contribution in [0.25, 0.3) is 0 Å². The molecule has 3 nitrogen and oxygen atoms in total. The van der Waals surface area contributed by atoms with Crippen molar-refractivity contribution in [2.24, 2.45) is 0 Å². The van der Waals surface area contributed by atoms with Crippen LogP contribution in [0.2, 0.25) is 0 Å². The van der Waals surface area contributed by atoms with Crippen LogP contribution < -0.4 is 4.74 Å². The molecule has 1 aromatic rings. The first kappa shape index (κ1) is 14.6. The second-order valence-corrected chi connectivity index (χ2v) is 4.04. The Bertz CT molecular complexity index is 407. The normalized spacial score (nSPS) is 9.89. The fourth-order valence-electron chi connectivity index (χ4n) is 1.62. The summed E-state index contributed by atoms with van der Waals surface area (Å²) in [5.74, 6) is 0.698. The maximum absolute atomic E-state index is 11.6. The number of amides is 1. The van der Waals surface area contributed by atoms with Crippen molar-refractivity contribution < 1.29 is 9.53 Å². The predicted octanol–water partition coefficient (Wildman–Crippen LogP) is 2.84. The molecule has 0 unspecified atom stereocenters. The third-order valence-corrected chi connectivity index (χ3v) is 2.63. The van der Waals surface area contributed by atoms with E-state index in [9.17, 15) is 4.79 Å². The van der Waals surface area contributed by atoms with Gasteiger partial charge in [0.2, 0.25) is 5.91 Å². The second-order valence-electron chi connectivity index (χ2n) is 3.78. The summed E-state index contributed by atoms with van der Waals surface area (Å²) in [7, 11) is 0. The number of nitrogens with zero attached hydrogens (tertiary/aromatic N) is 1. The number of benzene rings is 1. The van der Waals surface area contributed by atoms with Crippen molar-refractivity contribution in [1.82, 2.24) is 4.90 Å². The lowest BCUT2D eigenvalue weighted by atomic mass is 10.2. The van der Waals surface area contributed by atoms with Crippen LogP contribution in [0.4, 0.5) is 0 Å². The smallest absolute Gasteiger partial charge is 0.238 e. The Balaban J connectivity index is 2.76. The first-order valence-corrected chi connectivity index (χ1v) is 6.41. The Morgan fingerprint density at radius 1 is 1.56 bits per heavy atom. The van der Waals surface area contributed by atoms with Gasteiger partial charge in [-0.05, 0) is 24.6 Å². The van der Waals surface area contributed by atoms with E-state index in [-0.39, 0.29) is 11.8 Å². The van der Waals surface area contributed by atoms with E-state index >= 15 is 0 Å². The third kappa shape index (κ3) is 4.41. The van der Waals surface area contributed by atoms with E-state index in [2.05, 4.69) is 6.58 Å². The van der Waals surface area contributed by atoms with E-state index in [1.54, 1.807) is 11.0 Å². The standard InChI is InChI=1S/C14H18ClNO2/c1-3-8-16(14(17)10-15)11-12-6-5-7-13(9-12)18-4-2/h3,5-7,9H,1,4,8,10-11H2,2H3. The molecule has 0 aliphatic rings. The Kier molecular flexibility index (Phi) is 6.29. The summed E-state index contributed by atoms with van der Waals surface area (Å²) >= 11 is 5.58. The van der Waals surface area contributed by atoms with Crippen LogP contribution in [-0.2, 0) is 11.3 Å². The molecule has 1 amide bonds. The van der Waals surface area contributed by atoms with Crippen LogP contribution in [0.3, 0.4) is 0 Å². The second kappa shape index (κ2) is 7.77. The van der Waals surface area contributed by atoms with Gasteiger partial charge >= 0.3 is 0 Å². The molecule has 0 atom stereocenters. The number of carbonyl (C=O) groups is 1. The van der Waals surface area contributed by atoms with Crippen molar-refractivity contribution in [1.29, 1.82) is 0 Å². The van der Waals surface area contributed by atoms with Crippen molar-refractivity contribution in [2.75, 3.05) is 19.0 Å². The Hall–Kier alpha value is -1.48. The van der Waals surface area contributed by atoms with Crippen molar-refractivity contribution in [3.8, 4) is 5.75 Å². The highest BCUT2D eigenvalue weighted by molar-refractivity contribution is 6.27. The summed E-state index contributed by atoms with van der Waals surface area (Å²) in [5, 5.41) is 0. The van der Waals surface area contributed by atoms with Crippen LogP contribution in [0, 0.1) is 0 Å². The molecule has 0 radical (unpaired) electrons. The zero-order valence-electron chi connectivity index (χ0n) is 10.6. The summed E-state index contributed by atoms with van der Waals surface area (Å²) in [5.41, 5.74) is 1.02. The number of hydrogen-bond donors (Lipinski definition) is 0. The van der Waals surface area contributed by atoms with E-state index < -0.39 is 0 Å². The van der Waals surface area contributed by atoms with Gasteiger partial charge in [0.15, 0.2) is 0 Å². The molecule has 98 valence electrons. The van der Waals surface area contributed by atoms with E-state index in [1.165, 1.54) is 0 Å². The molecule has 0 saturated carbocycles. The van der Waals surface area contributed by atoms with Crippen LogP contribution in [0.15, 0.2) is 36.9 Å². The Morgan fingerprint density at radius 3 is 2.94 bits per heavy atom. The van der Waals surface area contributed by atoms with Gasteiger partial charge in [-0.2, -0.15) is 0 Å². The highest BCUT2D eigenvalue weighted by Crippen LogP contribution is 2.15. The summed E-state index contributed by atoms with van der Waals surface area (Å²) in [6.45, 7) is 7.21. The molecule has 4 heteroatoms. The molecular formula is C14H18ClNO2. The van der Waals surface area contributed by atoms with Gasteiger partial charge in [-0.15, -0.1) is 18.2 Å². The monoisotopic (exact) mass is 267 g/mol. The van der Waals surface area contributed by atoms with E-state index in [0.717, 1.165) is 11.3 Å². The topological polar surface area (TPSA) is 29.5 Å². The molecular weight excluding hydrogens is 250 g/mol. The van der Waals surface area contributed by atoms with Gasteiger partial charge in [0.05, 0.1) is 6.61 Å². The maximum Gasteiger partial charge on any atom is 0.238 e. The van der Waals surface area contributed by atoms with E-state index in [4.69, 9.17) is 16.3 Å². The molecule has 1 rings (SSSR count). The molecule has 0 spiro atoms. The largest absolute Gasteiger partial charge is 0.494 e. The van der Waals surface area contributed by atoms with Crippen LogP contribution >= 0.6 is 11.6 Å². The molecule has 1 aromatic carbocycles. The maximum atomic E-state index is 11.6. The summed E-state index contributed by atoms with van der Waals surface area (Å²) in [4.78, 5) is 13.3. The first-order chi connectivity index (χ1) is 8.71. The first-order valence-electron chi connectivity index (χ1n) is 5.87. The Labute approximate surface area is 113 Å². The number of halogens is 1. The van der Waals surface area contributed by atoms with Gasteiger partial charge in [0.1, 0.15) is 11.6 Å². The fraction of sp³-hybridized carbons (Fsp3) is 0.357. The van der Waals surface area contributed by atoms with Crippen molar-refractivity contribution in [3.05, 3.63) is 42.5 Å². The fourth-order valence-corrected chi connectivity index (χ4v) is 1.78. The molecule has 0 bridgehead atoms. The molecule has 0 aliphatic carbocycles. The Morgan fingerprint density at radius 2 is 2.33 bits per heavy atom. The van der Waals surface area contributed by atoms with Crippen LogP contribution in [0.5, 0.6) is 5.75 Å². The van der Waals surface area contributed by atoms with Crippen LogP contribution in [-0.4, -0.2) is 29.8 Å². The third-order valence-electron chi connectivity index (χ3n) is 2.40. The van der Waals surface area contributed by atoms with E-state index in [1.807, 2.05) is 31.2 Å². The highest BCUT2D eigenvalue weighted by atomic mass is 35.5. The van der Waals surface area contributed by atoms with Crippen molar-refractivity contribution in [3.63, 3.8) is 0 Å². The highest BCUT2D eigenvalue weighted by Gasteiger charge is 2.11. The quantitative estimate of drug-likeness (QED) is 0.562. The molecule has 0 saturated heterocycles. The lowest BCUT2D eigenvalue weighted by Gasteiger charge is -2.20. The molecule has 0 aromatic heterocycles. The minimum atomic E-state index is -0.0987. The molecule has 18 heavy (non-hydrogen) atoms. The molecule has 0 fully saturated rings. The van der Waals surface area contributed by atoms with Gasteiger partial charge in [-0.25, -0.2) is 0 Å². The van der Waals surface area contributed by atoms with Gasteiger partial charge in [0.25, 0.3) is 0 Å². The number of alkyl halides is 1. The van der Waals surface area contributed by atoms with Crippen LogP contribution in [0.1, 0.15) is 12.5 Å². The summed E-state index contributed by atoms with van der Waals surface area (Å²) in [6, 6.07) is 7.70. The number of rotatable bonds is 7. The minimum absolute atomic E-state index is 0.0149. The molecule has 0 heterocycles. The van der Waals surface area contributed by atoms with Gasteiger partial charge in [0, 0.05) is 13.1 Å². The lowest BCUT2D eigenvalue weighted by Crippen LogP contribution is -2.31. The number of hydrogen-bond acceptors (Lipinski definition) is 2. The summed E-state index contributed by atoms with van der Waals surface area (Å²) < 4.78 is 5.43. The van der Waals surface area contributed by atoms with Gasteiger partial charge in [-0.3, -0.25) is 4.79 Å². The zero-order chi connectivity index (χ0) is 13.4. The van der Waals surface area contributed by atoms with E-state index in [0.29, 0.717) is 19.7 Å².